The van der Waals surface area contributed by atoms with Crippen molar-refractivity contribution < 1.29 is 28.7 Å². The van der Waals surface area contributed by atoms with Gasteiger partial charge in [0.1, 0.15) is 12.1 Å². The van der Waals surface area contributed by atoms with Gasteiger partial charge >= 0.3 is 12.0 Å². The van der Waals surface area contributed by atoms with Crippen LogP contribution in [0, 0.1) is 15.7 Å². The average Bonchev–Trinajstić information content (AvgIpc) is 2.77. The molecule has 0 bridgehead atoms. The number of urea groups is 1. The van der Waals surface area contributed by atoms with Crippen molar-refractivity contribution >= 4 is 29.6 Å². The van der Waals surface area contributed by atoms with E-state index in [1.54, 1.807) is 27.7 Å². The van der Waals surface area contributed by atoms with Gasteiger partial charge in [0, 0.05) is 13.0 Å². The molecule has 0 heterocycles. The summed E-state index contributed by atoms with van der Waals surface area (Å²) in [6.45, 7) is 6.72. The highest BCUT2D eigenvalue weighted by molar-refractivity contribution is 5.92. The molecule has 3 atom stereocenters. The van der Waals surface area contributed by atoms with Crippen LogP contribution in [-0.4, -0.2) is 66.5 Å². The summed E-state index contributed by atoms with van der Waals surface area (Å²) in [6, 6.07) is -4.15. The van der Waals surface area contributed by atoms with Crippen molar-refractivity contribution in [3.05, 3.63) is 9.81 Å². The Hall–Kier alpha value is -3.49. The van der Waals surface area contributed by atoms with Crippen LogP contribution in [0.5, 0.6) is 0 Å². The Morgan fingerprint density at radius 3 is 1.94 bits per heavy atom. The summed E-state index contributed by atoms with van der Waals surface area (Å²) in [5.41, 5.74) is 10.9. The van der Waals surface area contributed by atoms with E-state index in [1.807, 2.05) is 0 Å². The van der Waals surface area contributed by atoms with E-state index < -0.39 is 66.4 Å². The number of primary amides is 1. The molecule has 0 aliphatic rings. The fraction of sp³-hybridized carbons (Fsp3) is 0.750. The first-order chi connectivity index (χ1) is 16.3. The number of hydrogen-bond donors (Lipinski definition) is 5. The number of nitroso groups, excluding NO2 is 2. The Bertz CT molecular complexity index is 767. The van der Waals surface area contributed by atoms with E-state index in [0.717, 1.165) is 0 Å². The van der Waals surface area contributed by atoms with Crippen LogP contribution in [0.15, 0.2) is 10.4 Å². The lowest BCUT2D eigenvalue weighted by atomic mass is 10.0. The number of ketones is 1. The van der Waals surface area contributed by atoms with Crippen LogP contribution >= 0.6 is 0 Å². The Kier molecular flexibility index (Phi) is 14.6. The van der Waals surface area contributed by atoms with Gasteiger partial charge in [-0.3, -0.25) is 14.4 Å². The minimum atomic E-state index is -1.96. The second-order valence-electron chi connectivity index (χ2n) is 8.40. The first kappa shape index (κ1) is 31.5. The molecule has 0 aliphatic heterocycles. The molecular formula is C20H35N7O8. The zero-order chi connectivity index (χ0) is 27.1. The number of carbonyl (C=O) groups is 5. The van der Waals surface area contributed by atoms with Crippen molar-refractivity contribution in [3.8, 4) is 0 Å². The largest absolute Gasteiger partial charge is 0.461 e. The number of carbonyl (C=O) groups excluding carboxylic acids is 5. The summed E-state index contributed by atoms with van der Waals surface area (Å²) < 4.78 is 5.11. The Morgan fingerprint density at radius 2 is 1.46 bits per heavy atom. The van der Waals surface area contributed by atoms with Gasteiger partial charge in [0.15, 0.2) is 5.78 Å². The monoisotopic (exact) mass is 501 g/mol. The van der Waals surface area contributed by atoms with E-state index >= 15 is 0 Å². The van der Waals surface area contributed by atoms with Crippen molar-refractivity contribution in [3.63, 3.8) is 0 Å². The van der Waals surface area contributed by atoms with E-state index in [9.17, 15) is 33.8 Å². The minimum absolute atomic E-state index is 0.0553. The predicted molar refractivity (Wildman–Crippen MR) is 124 cm³/mol. The average molecular weight is 502 g/mol. The number of nitrogens with zero attached hydrogens (tertiary/aromatic N) is 2. The molecule has 0 fully saturated rings. The van der Waals surface area contributed by atoms with Gasteiger partial charge in [0.25, 0.3) is 6.17 Å². The van der Waals surface area contributed by atoms with Crippen LogP contribution in [0.1, 0.15) is 53.4 Å². The van der Waals surface area contributed by atoms with E-state index in [0.29, 0.717) is 0 Å². The molecular weight excluding hydrogens is 466 g/mol. The van der Waals surface area contributed by atoms with Crippen molar-refractivity contribution in [2.24, 2.45) is 27.7 Å². The quantitative estimate of drug-likeness (QED) is 0.0982. The molecule has 15 heteroatoms. The summed E-state index contributed by atoms with van der Waals surface area (Å²) in [4.78, 5) is 81.8. The Balaban J connectivity index is 5.55. The second-order valence-corrected chi connectivity index (χ2v) is 8.40. The van der Waals surface area contributed by atoms with Crippen LogP contribution in [0.3, 0.4) is 0 Å². The van der Waals surface area contributed by atoms with Crippen LogP contribution in [-0.2, 0) is 23.9 Å². The zero-order valence-corrected chi connectivity index (χ0v) is 20.3. The van der Waals surface area contributed by atoms with Crippen molar-refractivity contribution in [2.45, 2.75) is 83.8 Å². The lowest BCUT2D eigenvalue weighted by Crippen LogP contribution is -2.55. The lowest BCUT2D eigenvalue weighted by molar-refractivity contribution is -0.152. The highest BCUT2D eigenvalue weighted by Crippen LogP contribution is 2.09. The maximum atomic E-state index is 13.0. The summed E-state index contributed by atoms with van der Waals surface area (Å²) >= 11 is 0. The van der Waals surface area contributed by atoms with Gasteiger partial charge in [-0.1, -0.05) is 13.8 Å². The smallest absolute Gasteiger partial charge is 0.328 e. The third kappa shape index (κ3) is 12.5. The fourth-order valence-corrected chi connectivity index (χ4v) is 2.75. The molecule has 0 aromatic rings. The van der Waals surface area contributed by atoms with Crippen LogP contribution in [0.2, 0.25) is 0 Å². The third-order valence-corrected chi connectivity index (χ3v) is 4.74. The molecule has 3 unspecified atom stereocenters. The molecule has 0 saturated carbocycles. The molecule has 0 aromatic carbocycles. The molecule has 0 spiro atoms. The number of esters is 1. The highest BCUT2D eigenvalue weighted by Gasteiger charge is 2.31. The summed E-state index contributed by atoms with van der Waals surface area (Å²) in [7, 11) is 0. The number of Topliss-reactive ketones (excluding diaryl/α,β-unsaturated/α-hetero) is 1. The van der Waals surface area contributed by atoms with Gasteiger partial charge in [-0.15, -0.1) is 9.81 Å². The number of hydrogen-bond acceptors (Lipinski definition) is 11. The summed E-state index contributed by atoms with van der Waals surface area (Å²) in [5.74, 6) is -3.39. The van der Waals surface area contributed by atoms with Crippen molar-refractivity contribution in [1.29, 1.82) is 0 Å². The summed E-state index contributed by atoms with van der Waals surface area (Å²) in [5, 5.41) is 11.9. The predicted octanol–water partition coefficient (Wildman–Crippen LogP) is -0.452. The molecule has 0 saturated heterocycles. The first-order valence-corrected chi connectivity index (χ1v) is 11.1. The SMILES string of the molecule is CC(C)OC(=O)C(CCC(=O)C(N=O)N=O)NC(=O)C(CCCNC(N)=O)NC(=O)C(N)C(C)C. The normalized spacial score (nSPS) is 13.5. The molecule has 0 rings (SSSR count). The van der Waals surface area contributed by atoms with Gasteiger partial charge in [-0.05, 0) is 49.4 Å². The standard InChI is InChI=1S/C20H35N7O8/c1-10(2)15(21)18(30)24-12(6-5-9-23-20(22)32)17(29)25-13(19(31)35-11(3)4)7-8-14(28)16(26-33)27-34/h10-13,15-16H,5-9,21H2,1-4H3,(H,24,30)(H,25,29)(H3,22,23,32). The van der Waals surface area contributed by atoms with Gasteiger partial charge in [0.05, 0.1) is 12.1 Å². The van der Waals surface area contributed by atoms with E-state index in [2.05, 4.69) is 26.3 Å². The zero-order valence-electron chi connectivity index (χ0n) is 20.3. The summed E-state index contributed by atoms with van der Waals surface area (Å²) in [6.07, 6.45) is -2.99. The number of nitrogens with one attached hydrogen (secondary N) is 3. The minimum Gasteiger partial charge on any atom is -0.461 e. The number of nitrogens with two attached hydrogens (primary N) is 2. The van der Waals surface area contributed by atoms with Crippen molar-refractivity contribution in [1.82, 2.24) is 16.0 Å². The van der Waals surface area contributed by atoms with Gasteiger partial charge in [-0.2, -0.15) is 0 Å². The van der Waals surface area contributed by atoms with E-state index in [4.69, 9.17) is 16.2 Å². The molecule has 0 aliphatic carbocycles. The van der Waals surface area contributed by atoms with Crippen LogP contribution in [0.4, 0.5) is 4.79 Å². The number of amides is 4. The Morgan fingerprint density at radius 1 is 0.886 bits per heavy atom. The second kappa shape index (κ2) is 16.2. The Labute approximate surface area is 202 Å². The number of rotatable bonds is 17. The molecule has 198 valence electrons. The maximum Gasteiger partial charge on any atom is 0.328 e. The topological polar surface area (TPSA) is 242 Å². The van der Waals surface area contributed by atoms with Gasteiger partial charge < -0.3 is 32.2 Å². The number of ether oxygens (including phenoxy) is 1. The van der Waals surface area contributed by atoms with E-state index in [-0.39, 0.29) is 31.7 Å². The van der Waals surface area contributed by atoms with Crippen molar-refractivity contribution in [2.75, 3.05) is 6.54 Å². The fourth-order valence-electron chi connectivity index (χ4n) is 2.75. The van der Waals surface area contributed by atoms with Crippen LogP contribution < -0.4 is 27.4 Å². The molecule has 7 N–H and O–H groups in total. The molecule has 15 nitrogen and oxygen atoms in total. The lowest BCUT2D eigenvalue weighted by Gasteiger charge is -2.25. The molecule has 35 heavy (non-hydrogen) atoms. The molecule has 0 radical (unpaired) electrons. The van der Waals surface area contributed by atoms with Crippen LogP contribution in [0.25, 0.3) is 0 Å². The maximum absolute atomic E-state index is 13.0. The molecule has 0 aromatic heterocycles. The van der Waals surface area contributed by atoms with E-state index in [1.165, 1.54) is 0 Å². The van der Waals surface area contributed by atoms with Gasteiger partial charge in [0.2, 0.25) is 11.8 Å². The first-order valence-electron chi connectivity index (χ1n) is 11.1. The third-order valence-electron chi connectivity index (χ3n) is 4.74. The highest BCUT2D eigenvalue weighted by atomic mass is 16.5. The molecule has 4 amide bonds. The van der Waals surface area contributed by atoms with Gasteiger partial charge in [-0.25, -0.2) is 9.59 Å².